The first-order chi connectivity index (χ1) is 10.6. The minimum absolute atomic E-state index is 0.00877. The molecule has 1 aromatic heterocycles. The standard InChI is InChI=1S/C17H20N4O/c1-20-16(22)6-7-17(20)8-9-21(11-17)15-5-2-12-10-13(18)3-4-14(12)19-15/h2-5,10H,6-9,11,18H2,1H3. The average molecular weight is 296 g/mol. The highest BCUT2D eigenvalue weighted by Crippen LogP contribution is 2.38. The van der Waals surface area contributed by atoms with Crippen molar-refractivity contribution in [1.82, 2.24) is 9.88 Å². The van der Waals surface area contributed by atoms with Crippen LogP contribution in [0.4, 0.5) is 11.5 Å². The maximum atomic E-state index is 11.9. The number of aromatic nitrogens is 1. The zero-order valence-corrected chi connectivity index (χ0v) is 12.7. The number of nitrogen functional groups attached to an aromatic ring is 1. The molecule has 0 saturated carbocycles. The van der Waals surface area contributed by atoms with E-state index in [9.17, 15) is 4.79 Å². The van der Waals surface area contributed by atoms with Gasteiger partial charge < -0.3 is 15.5 Å². The number of nitrogens with zero attached hydrogens (tertiary/aromatic N) is 3. The van der Waals surface area contributed by atoms with Gasteiger partial charge in [0.15, 0.2) is 0 Å². The topological polar surface area (TPSA) is 62.5 Å². The molecule has 0 bridgehead atoms. The van der Waals surface area contributed by atoms with Crippen LogP contribution in [0.25, 0.3) is 10.9 Å². The highest BCUT2D eigenvalue weighted by atomic mass is 16.2. The van der Waals surface area contributed by atoms with Gasteiger partial charge in [0.2, 0.25) is 5.91 Å². The van der Waals surface area contributed by atoms with E-state index in [1.807, 2.05) is 30.1 Å². The van der Waals surface area contributed by atoms with Crippen molar-refractivity contribution in [2.45, 2.75) is 24.8 Å². The Kier molecular flexibility index (Phi) is 2.79. The van der Waals surface area contributed by atoms with Gasteiger partial charge in [-0.1, -0.05) is 0 Å². The zero-order chi connectivity index (χ0) is 15.3. The van der Waals surface area contributed by atoms with E-state index in [2.05, 4.69) is 17.0 Å². The Morgan fingerprint density at radius 2 is 2.09 bits per heavy atom. The lowest BCUT2D eigenvalue weighted by Gasteiger charge is -2.32. The summed E-state index contributed by atoms with van der Waals surface area (Å²) in [5.74, 6) is 1.26. The number of nitrogens with two attached hydrogens (primary N) is 1. The molecule has 0 aliphatic carbocycles. The number of rotatable bonds is 1. The molecule has 1 amide bonds. The molecule has 1 aromatic carbocycles. The van der Waals surface area contributed by atoms with Crippen molar-refractivity contribution >= 4 is 28.3 Å². The van der Waals surface area contributed by atoms with Crippen LogP contribution < -0.4 is 10.6 Å². The predicted molar refractivity (Wildman–Crippen MR) is 87.7 cm³/mol. The number of carbonyl (C=O) groups excluding carboxylic acids is 1. The summed E-state index contributed by atoms with van der Waals surface area (Å²) >= 11 is 0. The van der Waals surface area contributed by atoms with E-state index < -0.39 is 0 Å². The molecule has 2 saturated heterocycles. The Labute approximate surface area is 129 Å². The Morgan fingerprint density at radius 3 is 2.86 bits per heavy atom. The van der Waals surface area contributed by atoms with Gasteiger partial charge >= 0.3 is 0 Å². The van der Waals surface area contributed by atoms with Gasteiger partial charge in [-0.15, -0.1) is 0 Å². The van der Waals surface area contributed by atoms with Crippen LogP contribution in [-0.2, 0) is 4.79 Å². The molecule has 5 nitrogen and oxygen atoms in total. The number of hydrogen-bond acceptors (Lipinski definition) is 4. The molecule has 2 aliphatic rings. The van der Waals surface area contributed by atoms with E-state index in [1.165, 1.54) is 0 Å². The fraction of sp³-hybridized carbons (Fsp3) is 0.412. The largest absolute Gasteiger partial charge is 0.399 e. The third-order valence-electron chi connectivity index (χ3n) is 5.24. The SMILES string of the molecule is CN1C(=O)CCC12CCN(c1ccc3cc(N)ccc3n1)C2. The third kappa shape index (κ3) is 1.92. The molecule has 114 valence electrons. The Hall–Kier alpha value is -2.30. The second-order valence-corrected chi connectivity index (χ2v) is 6.47. The fourth-order valence-electron chi connectivity index (χ4n) is 3.78. The van der Waals surface area contributed by atoms with Crippen molar-refractivity contribution in [3.63, 3.8) is 0 Å². The van der Waals surface area contributed by atoms with Gasteiger partial charge in [0.05, 0.1) is 11.1 Å². The Morgan fingerprint density at radius 1 is 1.23 bits per heavy atom. The van der Waals surface area contributed by atoms with Gasteiger partial charge in [0, 0.05) is 37.6 Å². The molecule has 0 radical (unpaired) electrons. The summed E-state index contributed by atoms with van der Waals surface area (Å²) < 4.78 is 0. The molecule has 1 unspecified atom stereocenters. The average Bonchev–Trinajstić information content (AvgIpc) is 3.07. The van der Waals surface area contributed by atoms with Gasteiger partial charge in [-0.25, -0.2) is 4.98 Å². The number of carbonyl (C=O) groups is 1. The van der Waals surface area contributed by atoms with Crippen molar-refractivity contribution < 1.29 is 4.79 Å². The van der Waals surface area contributed by atoms with E-state index in [0.29, 0.717) is 6.42 Å². The van der Waals surface area contributed by atoms with Crippen LogP contribution in [0.3, 0.4) is 0 Å². The molecule has 2 N–H and O–H groups in total. The molecule has 22 heavy (non-hydrogen) atoms. The highest BCUT2D eigenvalue weighted by molar-refractivity contribution is 5.83. The van der Waals surface area contributed by atoms with Crippen LogP contribution >= 0.6 is 0 Å². The molecule has 2 aliphatic heterocycles. The molecular formula is C17H20N4O. The number of fused-ring (bicyclic) bond motifs is 1. The molecule has 3 heterocycles. The van der Waals surface area contributed by atoms with Crippen molar-refractivity contribution in [3.05, 3.63) is 30.3 Å². The molecule has 1 spiro atoms. The lowest BCUT2D eigenvalue weighted by atomic mass is 9.96. The van der Waals surface area contributed by atoms with Gasteiger partial charge in [0.25, 0.3) is 0 Å². The summed E-state index contributed by atoms with van der Waals surface area (Å²) in [6.45, 7) is 1.83. The molecule has 5 heteroatoms. The summed E-state index contributed by atoms with van der Waals surface area (Å²) in [5.41, 5.74) is 7.54. The first-order valence-corrected chi connectivity index (χ1v) is 7.75. The van der Waals surface area contributed by atoms with E-state index in [1.54, 1.807) is 0 Å². The summed E-state index contributed by atoms with van der Waals surface area (Å²) in [6.07, 6.45) is 2.66. The lowest BCUT2D eigenvalue weighted by Crippen LogP contribution is -2.45. The van der Waals surface area contributed by atoms with E-state index in [0.717, 1.165) is 48.3 Å². The van der Waals surface area contributed by atoms with E-state index >= 15 is 0 Å². The number of likely N-dealkylation sites (tertiary alicyclic amines) is 1. The number of pyridine rings is 1. The first-order valence-electron chi connectivity index (χ1n) is 7.75. The van der Waals surface area contributed by atoms with E-state index in [-0.39, 0.29) is 11.4 Å². The first kappa shape index (κ1) is 13.4. The maximum absolute atomic E-state index is 11.9. The maximum Gasteiger partial charge on any atom is 0.222 e. The number of anilines is 2. The molecule has 2 fully saturated rings. The molecule has 4 rings (SSSR count). The minimum atomic E-state index is 0.00877. The second-order valence-electron chi connectivity index (χ2n) is 6.47. The van der Waals surface area contributed by atoms with Crippen molar-refractivity contribution in [2.75, 3.05) is 30.8 Å². The fourth-order valence-corrected chi connectivity index (χ4v) is 3.78. The Bertz CT molecular complexity index is 759. The zero-order valence-electron chi connectivity index (χ0n) is 12.7. The summed E-state index contributed by atoms with van der Waals surface area (Å²) in [6, 6.07) is 9.92. The van der Waals surface area contributed by atoms with Gasteiger partial charge in [0.1, 0.15) is 5.82 Å². The molecule has 2 aromatic rings. The number of benzene rings is 1. The van der Waals surface area contributed by atoms with Crippen LogP contribution in [0.1, 0.15) is 19.3 Å². The van der Waals surface area contributed by atoms with Crippen LogP contribution in [0.2, 0.25) is 0 Å². The highest BCUT2D eigenvalue weighted by Gasteiger charge is 2.47. The van der Waals surface area contributed by atoms with Crippen molar-refractivity contribution in [2.24, 2.45) is 0 Å². The second kappa shape index (κ2) is 4.60. The molecular weight excluding hydrogens is 276 g/mol. The summed E-state index contributed by atoms with van der Waals surface area (Å²) in [7, 11) is 1.94. The van der Waals surface area contributed by atoms with Crippen molar-refractivity contribution in [1.29, 1.82) is 0 Å². The smallest absolute Gasteiger partial charge is 0.222 e. The van der Waals surface area contributed by atoms with Crippen LogP contribution in [-0.4, -0.2) is 41.5 Å². The number of hydrogen-bond donors (Lipinski definition) is 1. The van der Waals surface area contributed by atoms with Crippen LogP contribution in [0, 0.1) is 0 Å². The number of likely N-dealkylation sites (N-methyl/N-ethyl adjacent to an activating group) is 1. The predicted octanol–water partition coefficient (Wildman–Crippen LogP) is 2.02. The number of amides is 1. The summed E-state index contributed by atoms with van der Waals surface area (Å²) in [4.78, 5) is 20.9. The van der Waals surface area contributed by atoms with Crippen LogP contribution in [0.15, 0.2) is 30.3 Å². The quantitative estimate of drug-likeness (QED) is 0.818. The summed E-state index contributed by atoms with van der Waals surface area (Å²) in [5, 5.41) is 1.06. The molecule has 1 atom stereocenters. The van der Waals surface area contributed by atoms with Gasteiger partial charge in [-0.2, -0.15) is 0 Å². The minimum Gasteiger partial charge on any atom is -0.399 e. The Balaban J connectivity index is 1.63. The van der Waals surface area contributed by atoms with Gasteiger partial charge in [-0.3, -0.25) is 4.79 Å². The monoisotopic (exact) mass is 296 g/mol. The van der Waals surface area contributed by atoms with E-state index in [4.69, 9.17) is 10.7 Å². The van der Waals surface area contributed by atoms with Gasteiger partial charge in [-0.05, 0) is 43.2 Å². The normalized spacial score (nSPS) is 24.9. The lowest BCUT2D eigenvalue weighted by molar-refractivity contribution is -0.129. The third-order valence-corrected chi connectivity index (χ3v) is 5.24. The van der Waals surface area contributed by atoms with Crippen LogP contribution in [0.5, 0.6) is 0 Å². The van der Waals surface area contributed by atoms with Crippen molar-refractivity contribution in [3.8, 4) is 0 Å².